The molecule has 12 heteroatoms. The smallest absolute Gasteiger partial charge is 0.302 e. The van der Waals surface area contributed by atoms with Crippen LogP contribution >= 0.6 is 21.6 Å². The number of benzene rings is 2. The van der Waals surface area contributed by atoms with Crippen molar-refractivity contribution < 1.29 is 39.1 Å². The molecule has 1 aliphatic carbocycles. The third-order valence-electron chi connectivity index (χ3n) is 9.88. The summed E-state index contributed by atoms with van der Waals surface area (Å²) in [5.74, 6) is 1.15. The van der Waals surface area contributed by atoms with Gasteiger partial charge in [0.25, 0.3) is 0 Å². The quantitative estimate of drug-likeness (QED) is 0.105. The Hall–Kier alpha value is -3.32. The summed E-state index contributed by atoms with van der Waals surface area (Å²) in [5.41, 5.74) is 2.66. The van der Waals surface area contributed by atoms with Gasteiger partial charge in [-0.15, -0.1) is 0 Å². The molecule has 4 bridgehead atoms. The maximum atomic E-state index is 12.2. The van der Waals surface area contributed by atoms with Crippen molar-refractivity contribution in [1.29, 1.82) is 0 Å². The Balaban J connectivity index is 1.26. The summed E-state index contributed by atoms with van der Waals surface area (Å²) in [6.45, 7) is 2.59. The zero-order chi connectivity index (χ0) is 35.0. The minimum atomic E-state index is -0.525. The van der Waals surface area contributed by atoms with E-state index in [1.165, 1.54) is 13.0 Å². The van der Waals surface area contributed by atoms with Crippen LogP contribution in [0, 0.1) is 11.8 Å². The minimum Gasteiger partial charge on any atom is -0.504 e. The third-order valence-corrected chi connectivity index (χ3v) is 12.9. The molecule has 10 nitrogen and oxygen atoms in total. The number of pyridine rings is 1. The molecule has 270 valence electrons. The number of fused-ring (bicyclic) bond motifs is 4. The predicted molar refractivity (Wildman–Crippen MR) is 195 cm³/mol. The van der Waals surface area contributed by atoms with Gasteiger partial charge in [-0.1, -0.05) is 33.7 Å². The number of nitrogens with one attached hydrogen (secondary N) is 1. The fourth-order valence-electron chi connectivity index (χ4n) is 7.38. The Morgan fingerprint density at radius 3 is 2.74 bits per heavy atom. The van der Waals surface area contributed by atoms with Crippen molar-refractivity contribution in [3.8, 4) is 28.7 Å². The van der Waals surface area contributed by atoms with Gasteiger partial charge >= 0.3 is 5.97 Å². The van der Waals surface area contributed by atoms with Crippen LogP contribution in [0.15, 0.2) is 54.9 Å². The lowest BCUT2D eigenvalue weighted by atomic mass is 9.84. The first-order valence-corrected chi connectivity index (χ1v) is 20.0. The minimum absolute atomic E-state index is 0.0297. The highest BCUT2D eigenvalue weighted by atomic mass is 33.1. The van der Waals surface area contributed by atoms with E-state index in [2.05, 4.69) is 10.3 Å². The van der Waals surface area contributed by atoms with Crippen LogP contribution in [0.2, 0.25) is 0 Å². The van der Waals surface area contributed by atoms with Crippen molar-refractivity contribution in [1.82, 2.24) is 10.3 Å². The van der Waals surface area contributed by atoms with Crippen LogP contribution in [0.4, 0.5) is 0 Å². The van der Waals surface area contributed by atoms with Crippen molar-refractivity contribution in [3.63, 3.8) is 0 Å². The Kier molecular flexibility index (Phi) is 12.6. The van der Waals surface area contributed by atoms with E-state index >= 15 is 0 Å². The van der Waals surface area contributed by atoms with Gasteiger partial charge in [-0.25, -0.2) is 0 Å². The molecule has 7 unspecified atom stereocenters. The molecule has 7 atom stereocenters. The lowest BCUT2D eigenvalue weighted by Gasteiger charge is -2.39. The molecule has 3 aromatic rings. The monoisotopic (exact) mass is 724 g/mol. The Bertz CT molecular complexity index is 1580. The number of hydrogen-bond donors (Lipinski definition) is 4. The molecule has 6 rings (SSSR count). The molecule has 0 amide bonds. The van der Waals surface area contributed by atoms with Crippen LogP contribution in [0.25, 0.3) is 0 Å². The van der Waals surface area contributed by atoms with Gasteiger partial charge in [-0.05, 0) is 98.0 Å². The van der Waals surface area contributed by atoms with Gasteiger partial charge in [0.1, 0.15) is 6.10 Å². The molecule has 1 saturated carbocycles. The van der Waals surface area contributed by atoms with E-state index in [0.717, 1.165) is 49.1 Å². The van der Waals surface area contributed by atoms with Crippen molar-refractivity contribution in [2.75, 3.05) is 26.0 Å². The number of phenols is 3. The molecule has 0 spiro atoms. The highest BCUT2D eigenvalue weighted by Crippen LogP contribution is 2.46. The number of esters is 1. The third kappa shape index (κ3) is 9.51. The molecule has 50 heavy (non-hydrogen) atoms. The summed E-state index contributed by atoms with van der Waals surface area (Å²) in [6.07, 6.45) is 8.68. The average Bonchev–Trinajstić information content (AvgIpc) is 3.11. The molecule has 1 aromatic heterocycles. The second-order valence-electron chi connectivity index (χ2n) is 13.6. The van der Waals surface area contributed by atoms with E-state index in [1.54, 1.807) is 24.5 Å². The maximum Gasteiger partial charge on any atom is 0.302 e. The van der Waals surface area contributed by atoms with Crippen molar-refractivity contribution in [2.24, 2.45) is 11.8 Å². The SMILES string of the molecule is CNCC1SSCC(C2CC(OC(C)=O)CC(c3cc(O)c(O)c(OCCc4cccnc4)c3)O2)Cc2ccc(O)c(c2)OC2CCCC1C2. The Morgan fingerprint density at radius 1 is 1.06 bits per heavy atom. The number of aromatic nitrogens is 1. The summed E-state index contributed by atoms with van der Waals surface area (Å²) < 4.78 is 25.1. The molecular formula is C38H48N2O8S2. The standard InChI is InChI=1S/C38H48N2O8S2/c1-23(41)46-30-18-33(27-16-32(43)38(44)36(17-27)45-12-10-24-5-4-11-40-20-24)48-34(19-30)28-13-25-8-9-31(42)35(14-25)47-29-7-3-6-26(15-29)37(21-39-2)50-49-22-28/h4-5,8-9,11,14,16-17,20,26,28-30,33-34,37,39,42-44H,3,6-7,10,12-13,15,18-19,21-22H2,1-2H3. The molecule has 1 saturated heterocycles. The first-order valence-electron chi connectivity index (χ1n) is 17.6. The molecule has 2 aliphatic heterocycles. The highest BCUT2D eigenvalue weighted by Gasteiger charge is 2.38. The van der Waals surface area contributed by atoms with Crippen LogP contribution < -0.4 is 14.8 Å². The predicted octanol–water partition coefficient (Wildman–Crippen LogP) is 6.75. The first kappa shape index (κ1) is 36.5. The number of aromatic hydroxyl groups is 3. The van der Waals surface area contributed by atoms with Crippen LogP contribution in [-0.4, -0.2) is 75.8 Å². The maximum absolute atomic E-state index is 12.2. The summed E-state index contributed by atoms with van der Waals surface area (Å²) in [5, 5.41) is 36.0. The van der Waals surface area contributed by atoms with Crippen LogP contribution in [-0.2, 0) is 27.1 Å². The van der Waals surface area contributed by atoms with E-state index in [4.69, 9.17) is 18.9 Å². The van der Waals surface area contributed by atoms with Crippen LogP contribution in [0.5, 0.6) is 28.7 Å². The molecule has 2 aromatic carbocycles. The van der Waals surface area contributed by atoms with E-state index < -0.39 is 12.2 Å². The van der Waals surface area contributed by atoms with Gasteiger partial charge < -0.3 is 39.6 Å². The Morgan fingerprint density at radius 2 is 1.94 bits per heavy atom. The van der Waals surface area contributed by atoms with Gasteiger partial charge in [0.05, 0.1) is 24.9 Å². The lowest BCUT2D eigenvalue weighted by Crippen LogP contribution is -2.39. The van der Waals surface area contributed by atoms with Gasteiger partial charge in [-0.3, -0.25) is 9.78 Å². The summed E-state index contributed by atoms with van der Waals surface area (Å²) in [7, 11) is 5.79. The second kappa shape index (κ2) is 17.3. The average molecular weight is 725 g/mol. The number of carbonyl (C=O) groups is 1. The molecule has 3 aliphatic rings. The second-order valence-corrected chi connectivity index (χ2v) is 16.3. The number of phenolic OH excluding ortho intramolecular Hbond substituents is 3. The van der Waals surface area contributed by atoms with E-state index in [9.17, 15) is 20.1 Å². The number of nitrogens with zero attached hydrogens (tertiary/aromatic N) is 1. The van der Waals surface area contributed by atoms with E-state index in [0.29, 0.717) is 48.2 Å². The molecule has 3 heterocycles. The van der Waals surface area contributed by atoms with Crippen LogP contribution in [0.3, 0.4) is 0 Å². The largest absolute Gasteiger partial charge is 0.504 e. The summed E-state index contributed by atoms with van der Waals surface area (Å²) in [6, 6.07) is 12.6. The number of rotatable bonds is 9. The molecular weight excluding hydrogens is 677 g/mol. The number of hydrogen-bond acceptors (Lipinski definition) is 12. The fraction of sp³-hybridized carbons (Fsp3) is 0.526. The van der Waals surface area contributed by atoms with Crippen molar-refractivity contribution >= 4 is 27.6 Å². The zero-order valence-electron chi connectivity index (χ0n) is 28.7. The van der Waals surface area contributed by atoms with E-state index in [1.807, 2.05) is 52.9 Å². The lowest BCUT2D eigenvalue weighted by molar-refractivity contribution is -0.163. The van der Waals surface area contributed by atoms with Crippen molar-refractivity contribution in [3.05, 3.63) is 71.5 Å². The van der Waals surface area contributed by atoms with Gasteiger partial charge in [-0.2, -0.15) is 0 Å². The topological polar surface area (TPSA) is 140 Å². The summed E-state index contributed by atoms with van der Waals surface area (Å²) >= 11 is 0. The Labute approximate surface area is 302 Å². The molecule has 4 N–H and O–H groups in total. The highest BCUT2D eigenvalue weighted by molar-refractivity contribution is 8.76. The van der Waals surface area contributed by atoms with Gasteiger partial charge in [0.2, 0.25) is 5.75 Å². The van der Waals surface area contributed by atoms with E-state index in [-0.39, 0.29) is 53.7 Å². The molecule has 2 fully saturated rings. The van der Waals surface area contributed by atoms with Crippen LogP contribution in [0.1, 0.15) is 68.2 Å². The number of carbonyl (C=O) groups excluding carboxylic acids is 1. The molecule has 0 radical (unpaired) electrons. The first-order chi connectivity index (χ1) is 24.2. The normalized spacial score (nSPS) is 27.1. The fourth-order valence-corrected chi connectivity index (χ4v) is 10.7. The summed E-state index contributed by atoms with van der Waals surface area (Å²) in [4.78, 5) is 16.4. The van der Waals surface area contributed by atoms with Gasteiger partial charge in [0, 0.05) is 56.1 Å². The van der Waals surface area contributed by atoms with Gasteiger partial charge in [0.15, 0.2) is 23.0 Å². The number of ether oxygens (including phenoxy) is 4. The zero-order valence-corrected chi connectivity index (χ0v) is 30.3. The van der Waals surface area contributed by atoms with Crippen molar-refractivity contribution in [2.45, 2.75) is 88.0 Å².